The quantitative estimate of drug-likeness (QED) is 0.755. The third kappa shape index (κ3) is 2.82. The van der Waals surface area contributed by atoms with Crippen LogP contribution in [0.5, 0.6) is 5.75 Å². The molecule has 0 aliphatic carbocycles. The zero-order valence-electron chi connectivity index (χ0n) is 15.6. The van der Waals surface area contributed by atoms with Gasteiger partial charge in [0.15, 0.2) is 11.6 Å². The van der Waals surface area contributed by atoms with Crippen molar-refractivity contribution in [3.63, 3.8) is 0 Å². The number of hydrogen-bond donors (Lipinski definition) is 1. The van der Waals surface area contributed by atoms with Gasteiger partial charge in [-0.1, -0.05) is 0 Å². The van der Waals surface area contributed by atoms with Crippen molar-refractivity contribution in [2.24, 2.45) is 11.8 Å². The Morgan fingerprint density at radius 2 is 1.93 bits per heavy atom. The van der Waals surface area contributed by atoms with Gasteiger partial charge in [-0.15, -0.1) is 0 Å². The van der Waals surface area contributed by atoms with Crippen molar-refractivity contribution in [3.05, 3.63) is 58.8 Å². The van der Waals surface area contributed by atoms with Gasteiger partial charge in [-0.2, -0.15) is 0 Å². The molecule has 144 valence electrons. The number of pyridine rings is 1. The van der Waals surface area contributed by atoms with Crippen LogP contribution < -0.4 is 20.5 Å². The fourth-order valence-electron chi connectivity index (χ4n) is 4.32. The van der Waals surface area contributed by atoms with Crippen molar-refractivity contribution < 1.29 is 9.13 Å². The van der Waals surface area contributed by atoms with Crippen LogP contribution in [0, 0.1) is 17.7 Å². The van der Waals surface area contributed by atoms with Gasteiger partial charge in [-0.3, -0.25) is 9.20 Å². The molecule has 0 unspecified atom stereocenters. The number of halogens is 1. The van der Waals surface area contributed by atoms with Crippen molar-refractivity contribution in [3.8, 4) is 17.0 Å². The number of hydrogen-bond acceptors (Lipinski definition) is 5. The van der Waals surface area contributed by atoms with Crippen LogP contribution in [0.25, 0.3) is 16.9 Å². The summed E-state index contributed by atoms with van der Waals surface area (Å²) in [5.41, 5.74) is 2.39. The maximum Gasteiger partial charge on any atom is 0.258 e. The minimum Gasteiger partial charge on any atom is -0.494 e. The number of fused-ring (bicyclic) bond motifs is 2. The van der Waals surface area contributed by atoms with E-state index < -0.39 is 5.82 Å². The fourth-order valence-corrected chi connectivity index (χ4v) is 4.32. The lowest BCUT2D eigenvalue weighted by Gasteiger charge is -2.20. The molecule has 0 spiro atoms. The maximum atomic E-state index is 14.0. The summed E-state index contributed by atoms with van der Waals surface area (Å²) >= 11 is 0. The highest BCUT2D eigenvalue weighted by Crippen LogP contribution is 2.30. The standard InChI is InChI=1S/C21H21FN4O2/c1-28-19-4-2-13(6-17(19)22)18-7-21(27)26-12-16(3-5-20(26)24-18)25-10-14-8-23-9-15(14)11-25/h2-7,12,14-15,23H,8-11H2,1H3/t14-,15+. The van der Waals surface area contributed by atoms with E-state index in [1.807, 2.05) is 18.3 Å². The third-order valence-corrected chi connectivity index (χ3v) is 5.85. The minimum absolute atomic E-state index is 0.163. The first-order valence-corrected chi connectivity index (χ1v) is 9.45. The summed E-state index contributed by atoms with van der Waals surface area (Å²) in [5.74, 6) is 1.04. The van der Waals surface area contributed by atoms with Crippen molar-refractivity contribution >= 4 is 11.3 Å². The van der Waals surface area contributed by atoms with E-state index in [2.05, 4.69) is 15.2 Å². The van der Waals surface area contributed by atoms with Gasteiger partial charge in [0.2, 0.25) is 0 Å². The molecule has 0 bridgehead atoms. The van der Waals surface area contributed by atoms with E-state index in [-0.39, 0.29) is 11.3 Å². The zero-order valence-corrected chi connectivity index (χ0v) is 15.6. The van der Waals surface area contributed by atoms with Crippen LogP contribution in [0.2, 0.25) is 0 Å². The molecule has 2 aliphatic heterocycles. The van der Waals surface area contributed by atoms with Gasteiger partial charge in [0, 0.05) is 44.0 Å². The van der Waals surface area contributed by atoms with E-state index >= 15 is 0 Å². The zero-order chi connectivity index (χ0) is 19.3. The highest BCUT2D eigenvalue weighted by atomic mass is 19.1. The van der Waals surface area contributed by atoms with Gasteiger partial charge in [0.05, 0.1) is 18.5 Å². The molecule has 2 saturated heterocycles. The molecule has 1 N–H and O–H groups in total. The summed E-state index contributed by atoms with van der Waals surface area (Å²) in [5, 5.41) is 3.44. The van der Waals surface area contributed by atoms with Crippen LogP contribution in [-0.2, 0) is 0 Å². The van der Waals surface area contributed by atoms with Crippen molar-refractivity contribution in [2.45, 2.75) is 0 Å². The molecule has 6 nitrogen and oxygen atoms in total. The van der Waals surface area contributed by atoms with Gasteiger partial charge in [0.25, 0.3) is 5.56 Å². The molecule has 2 aromatic heterocycles. The van der Waals surface area contributed by atoms with Crippen molar-refractivity contribution in [2.75, 3.05) is 38.2 Å². The maximum absolute atomic E-state index is 14.0. The summed E-state index contributed by atoms with van der Waals surface area (Å²) < 4.78 is 20.5. The van der Waals surface area contributed by atoms with E-state index in [1.54, 1.807) is 10.5 Å². The SMILES string of the molecule is COc1ccc(-c2cc(=O)n3cc(N4C[C@H]5CNC[C@H]5C4)ccc3n2)cc1F. The molecule has 0 radical (unpaired) electrons. The highest BCUT2D eigenvalue weighted by Gasteiger charge is 2.36. The number of ether oxygens (including phenoxy) is 1. The fraction of sp³-hybridized carbons (Fsp3) is 0.333. The first-order valence-electron chi connectivity index (χ1n) is 9.45. The van der Waals surface area contributed by atoms with Crippen LogP contribution in [0.3, 0.4) is 0 Å². The summed E-state index contributed by atoms with van der Waals surface area (Å²) in [6.07, 6.45) is 1.86. The Kier molecular flexibility index (Phi) is 4.05. The smallest absolute Gasteiger partial charge is 0.258 e. The summed E-state index contributed by atoms with van der Waals surface area (Å²) in [4.78, 5) is 19.6. The van der Waals surface area contributed by atoms with Crippen LogP contribution in [0.4, 0.5) is 10.1 Å². The lowest BCUT2D eigenvalue weighted by atomic mass is 10.0. The van der Waals surface area contributed by atoms with Gasteiger partial charge in [-0.05, 0) is 42.2 Å². The van der Waals surface area contributed by atoms with E-state index in [9.17, 15) is 9.18 Å². The Morgan fingerprint density at radius 1 is 1.14 bits per heavy atom. The Morgan fingerprint density at radius 3 is 2.64 bits per heavy atom. The number of anilines is 1. The second kappa shape index (κ2) is 6.60. The van der Waals surface area contributed by atoms with Crippen LogP contribution in [-0.4, -0.2) is 42.7 Å². The van der Waals surface area contributed by atoms with E-state index in [1.165, 1.54) is 25.3 Å². The molecular formula is C21H21FN4O2. The van der Waals surface area contributed by atoms with Gasteiger partial charge in [0.1, 0.15) is 5.65 Å². The van der Waals surface area contributed by atoms with E-state index in [0.717, 1.165) is 31.9 Å². The molecule has 1 aromatic carbocycles. The molecule has 2 fully saturated rings. The number of benzene rings is 1. The summed E-state index contributed by atoms with van der Waals surface area (Å²) in [7, 11) is 1.42. The molecule has 28 heavy (non-hydrogen) atoms. The highest BCUT2D eigenvalue weighted by molar-refractivity contribution is 5.63. The number of nitrogens with one attached hydrogen (secondary N) is 1. The van der Waals surface area contributed by atoms with Crippen LogP contribution in [0.15, 0.2) is 47.4 Å². The predicted octanol–water partition coefficient (Wildman–Crippen LogP) is 2.16. The molecule has 2 atom stereocenters. The Hall–Kier alpha value is -2.93. The number of aromatic nitrogens is 2. The van der Waals surface area contributed by atoms with Gasteiger partial charge >= 0.3 is 0 Å². The number of nitrogens with zero attached hydrogens (tertiary/aromatic N) is 3. The molecule has 5 rings (SSSR count). The monoisotopic (exact) mass is 380 g/mol. The number of rotatable bonds is 3. The first kappa shape index (κ1) is 17.2. The molecule has 0 saturated carbocycles. The molecule has 2 aliphatic rings. The first-order chi connectivity index (χ1) is 13.6. The topological polar surface area (TPSA) is 58.9 Å². The van der Waals surface area contributed by atoms with Crippen LogP contribution >= 0.6 is 0 Å². The van der Waals surface area contributed by atoms with Crippen molar-refractivity contribution in [1.29, 1.82) is 0 Å². The average molecular weight is 380 g/mol. The summed E-state index contributed by atoms with van der Waals surface area (Å²) in [6.45, 7) is 4.15. The largest absolute Gasteiger partial charge is 0.494 e. The Labute approximate surface area is 161 Å². The minimum atomic E-state index is -0.480. The van der Waals surface area contributed by atoms with E-state index in [4.69, 9.17) is 4.74 Å². The normalized spacial score (nSPS) is 21.3. The lowest BCUT2D eigenvalue weighted by Crippen LogP contribution is -2.26. The Bertz CT molecular complexity index is 1100. The van der Waals surface area contributed by atoms with Crippen molar-refractivity contribution in [1.82, 2.24) is 14.7 Å². The molecular weight excluding hydrogens is 359 g/mol. The second-order valence-corrected chi connectivity index (χ2v) is 7.53. The average Bonchev–Trinajstić information content (AvgIpc) is 3.30. The Balaban J connectivity index is 1.50. The van der Waals surface area contributed by atoms with Gasteiger partial charge in [-0.25, -0.2) is 9.37 Å². The number of methoxy groups -OCH3 is 1. The predicted molar refractivity (Wildman–Crippen MR) is 105 cm³/mol. The molecule has 0 amide bonds. The lowest BCUT2D eigenvalue weighted by molar-refractivity contribution is 0.386. The second-order valence-electron chi connectivity index (χ2n) is 7.53. The van der Waals surface area contributed by atoms with Crippen LogP contribution in [0.1, 0.15) is 0 Å². The van der Waals surface area contributed by atoms with E-state index in [0.29, 0.717) is 28.7 Å². The summed E-state index contributed by atoms with van der Waals surface area (Å²) in [6, 6.07) is 9.88. The third-order valence-electron chi connectivity index (χ3n) is 5.85. The molecule has 3 aromatic rings. The molecule has 4 heterocycles. The van der Waals surface area contributed by atoms with Gasteiger partial charge < -0.3 is 15.0 Å². The molecule has 7 heteroatoms.